The minimum absolute atomic E-state index is 0.154. The molecule has 0 aliphatic carbocycles. The van der Waals surface area contributed by atoms with E-state index in [1.807, 2.05) is 0 Å². The number of halogens is 3. The fourth-order valence-electron chi connectivity index (χ4n) is 1.80. The Hall–Kier alpha value is -1.28. The molecule has 1 aliphatic heterocycles. The third-order valence-corrected chi connectivity index (χ3v) is 3.23. The topological polar surface area (TPSA) is 57.4 Å². The van der Waals surface area contributed by atoms with Gasteiger partial charge in [-0.3, -0.25) is 0 Å². The highest BCUT2D eigenvalue weighted by Crippen LogP contribution is 2.32. The lowest BCUT2D eigenvalue weighted by atomic mass is 9.77. The van der Waals surface area contributed by atoms with Gasteiger partial charge in [-0.2, -0.15) is 13.2 Å². The summed E-state index contributed by atoms with van der Waals surface area (Å²) in [5, 5.41) is 0. The average molecular weight is 274 g/mol. The number of hydrogen-bond donors (Lipinski definition) is 1. The van der Waals surface area contributed by atoms with E-state index in [-0.39, 0.29) is 17.4 Å². The standard InChI is InChI=1S/C11H14BF3N2O2/c1-6-10(2,3)19-12(18-6)8-5-17-9(16)4-7(8)11(13,14)15/h4-6H,1-3H3,(H2,16,17). The van der Waals surface area contributed by atoms with Gasteiger partial charge in [0.25, 0.3) is 0 Å². The summed E-state index contributed by atoms with van der Waals surface area (Å²) in [5.74, 6) is -0.193. The van der Waals surface area contributed by atoms with Crippen LogP contribution < -0.4 is 11.2 Å². The maximum absolute atomic E-state index is 13.0. The lowest BCUT2D eigenvalue weighted by molar-refractivity contribution is -0.136. The van der Waals surface area contributed by atoms with Crippen molar-refractivity contribution >= 4 is 18.4 Å². The Bertz CT molecular complexity index is 493. The summed E-state index contributed by atoms with van der Waals surface area (Å²) in [5.41, 5.74) is 3.62. The van der Waals surface area contributed by atoms with Crippen molar-refractivity contribution in [1.29, 1.82) is 0 Å². The van der Waals surface area contributed by atoms with Crippen molar-refractivity contribution in [2.75, 3.05) is 5.73 Å². The molecule has 1 aliphatic rings. The van der Waals surface area contributed by atoms with Gasteiger partial charge in [-0.15, -0.1) is 0 Å². The van der Waals surface area contributed by atoms with E-state index in [1.165, 1.54) is 0 Å². The second kappa shape index (κ2) is 4.38. The van der Waals surface area contributed by atoms with Crippen molar-refractivity contribution in [2.45, 2.75) is 38.7 Å². The molecule has 1 aromatic rings. The maximum atomic E-state index is 13.0. The molecule has 1 atom stereocenters. The predicted molar refractivity (Wildman–Crippen MR) is 64.8 cm³/mol. The normalized spacial score (nSPS) is 22.8. The molecular formula is C11H14BF3N2O2. The zero-order chi connectivity index (χ0) is 14.4. The van der Waals surface area contributed by atoms with Gasteiger partial charge in [-0.25, -0.2) is 4.98 Å². The summed E-state index contributed by atoms with van der Waals surface area (Å²) in [6.45, 7) is 5.27. The van der Waals surface area contributed by atoms with Crippen LogP contribution in [0.5, 0.6) is 0 Å². The van der Waals surface area contributed by atoms with Gasteiger partial charge in [-0.05, 0) is 26.8 Å². The number of hydrogen-bond acceptors (Lipinski definition) is 4. The number of alkyl halides is 3. The van der Waals surface area contributed by atoms with Crippen LogP contribution in [0.3, 0.4) is 0 Å². The number of nitrogen functional groups attached to an aromatic ring is 1. The van der Waals surface area contributed by atoms with Crippen LogP contribution in [0.15, 0.2) is 12.3 Å². The van der Waals surface area contributed by atoms with Crippen molar-refractivity contribution in [3.63, 3.8) is 0 Å². The van der Waals surface area contributed by atoms with Gasteiger partial charge in [0.1, 0.15) is 5.82 Å². The fourth-order valence-corrected chi connectivity index (χ4v) is 1.80. The van der Waals surface area contributed by atoms with Crippen molar-refractivity contribution in [3.05, 3.63) is 17.8 Å². The second-order valence-corrected chi connectivity index (χ2v) is 5.03. The Labute approximate surface area is 109 Å². The van der Waals surface area contributed by atoms with Crippen LogP contribution >= 0.6 is 0 Å². The van der Waals surface area contributed by atoms with E-state index in [9.17, 15) is 13.2 Å². The van der Waals surface area contributed by atoms with Crippen LogP contribution in [0.25, 0.3) is 0 Å². The number of nitrogens with two attached hydrogens (primary N) is 1. The molecule has 104 valence electrons. The lowest BCUT2D eigenvalue weighted by Gasteiger charge is -2.21. The first kappa shape index (κ1) is 14.1. The molecule has 1 fully saturated rings. The Balaban J connectivity index is 2.42. The smallest absolute Gasteiger partial charge is 0.402 e. The largest absolute Gasteiger partial charge is 0.496 e. The molecule has 2 rings (SSSR count). The van der Waals surface area contributed by atoms with Crippen molar-refractivity contribution < 1.29 is 22.5 Å². The van der Waals surface area contributed by atoms with Crippen LogP contribution in [0, 0.1) is 0 Å². The molecule has 0 bridgehead atoms. The first-order chi connectivity index (χ1) is 8.61. The number of aromatic nitrogens is 1. The molecule has 2 N–H and O–H groups in total. The summed E-state index contributed by atoms with van der Waals surface area (Å²) in [6.07, 6.45) is -3.80. The molecule has 4 nitrogen and oxygen atoms in total. The Morgan fingerprint density at radius 1 is 1.42 bits per heavy atom. The van der Waals surface area contributed by atoms with E-state index < -0.39 is 24.5 Å². The van der Waals surface area contributed by atoms with E-state index in [0.717, 1.165) is 12.3 Å². The molecule has 2 heterocycles. The third-order valence-electron chi connectivity index (χ3n) is 3.23. The minimum atomic E-state index is -4.53. The van der Waals surface area contributed by atoms with Crippen molar-refractivity contribution in [1.82, 2.24) is 4.98 Å². The molecule has 0 aromatic carbocycles. The molecule has 0 spiro atoms. The highest BCUT2D eigenvalue weighted by molar-refractivity contribution is 6.62. The second-order valence-electron chi connectivity index (χ2n) is 5.03. The Morgan fingerprint density at radius 3 is 2.53 bits per heavy atom. The highest BCUT2D eigenvalue weighted by Gasteiger charge is 2.47. The van der Waals surface area contributed by atoms with Gasteiger partial charge in [0, 0.05) is 11.7 Å². The van der Waals surface area contributed by atoms with E-state index in [4.69, 9.17) is 15.0 Å². The van der Waals surface area contributed by atoms with Crippen molar-refractivity contribution in [3.8, 4) is 0 Å². The summed E-state index contributed by atoms with van der Waals surface area (Å²) >= 11 is 0. The molecular weight excluding hydrogens is 260 g/mol. The van der Waals surface area contributed by atoms with Crippen LogP contribution in [-0.2, 0) is 15.5 Å². The zero-order valence-corrected chi connectivity index (χ0v) is 10.8. The maximum Gasteiger partial charge on any atom is 0.496 e. The Morgan fingerprint density at radius 2 is 2.05 bits per heavy atom. The molecule has 0 saturated carbocycles. The number of pyridine rings is 1. The monoisotopic (exact) mass is 274 g/mol. The van der Waals surface area contributed by atoms with Gasteiger partial charge in [0.15, 0.2) is 0 Å². The van der Waals surface area contributed by atoms with Gasteiger partial charge in [-0.1, -0.05) is 0 Å². The summed E-state index contributed by atoms with van der Waals surface area (Å²) in [4.78, 5) is 3.69. The molecule has 1 saturated heterocycles. The number of anilines is 1. The van der Waals surface area contributed by atoms with Gasteiger partial charge < -0.3 is 15.0 Å². The molecule has 19 heavy (non-hydrogen) atoms. The molecule has 8 heteroatoms. The van der Waals surface area contributed by atoms with E-state index >= 15 is 0 Å². The number of nitrogens with zero attached hydrogens (tertiary/aromatic N) is 1. The van der Waals surface area contributed by atoms with Crippen LogP contribution in [-0.4, -0.2) is 23.8 Å². The molecule has 1 aromatic heterocycles. The first-order valence-corrected chi connectivity index (χ1v) is 5.77. The lowest BCUT2D eigenvalue weighted by Crippen LogP contribution is -2.39. The van der Waals surface area contributed by atoms with E-state index in [2.05, 4.69) is 4.98 Å². The summed E-state index contributed by atoms with van der Waals surface area (Å²) < 4.78 is 49.9. The third kappa shape index (κ3) is 2.69. The zero-order valence-electron chi connectivity index (χ0n) is 10.8. The minimum Gasteiger partial charge on any atom is -0.402 e. The molecule has 0 amide bonds. The molecule has 0 radical (unpaired) electrons. The first-order valence-electron chi connectivity index (χ1n) is 5.77. The SMILES string of the molecule is CC1OB(c2cnc(N)cc2C(F)(F)F)OC1(C)C. The van der Waals surface area contributed by atoms with Crippen LogP contribution in [0.4, 0.5) is 19.0 Å². The van der Waals surface area contributed by atoms with Crippen LogP contribution in [0.1, 0.15) is 26.3 Å². The van der Waals surface area contributed by atoms with Crippen molar-refractivity contribution in [2.24, 2.45) is 0 Å². The van der Waals surface area contributed by atoms with Gasteiger partial charge >= 0.3 is 13.3 Å². The quantitative estimate of drug-likeness (QED) is 0.790. The van der Waals surface area contributed by atoms with Gasteiger partial charge in [0.05, 0.1) is 17.3 Å². The Kier molecular flexibility index (Phi) is 3.26. The van der Waals surface area contributed by atoms with E-state index in [0.29, 0.717) is 0 Å². The van der Waals surface area contributed by atoms with Gasteiger partial charge in [0.2, 0.25) is 0 Å². The summed E-state index contributed by atoms with van der Waals surface area (Å²) in [6, 6.07) is 0.790. The fraction of sp³-hybridized carbons (Fsp3) is 0.545. The average Bonchev–Trinajstić information content (AvgIpc) is 2.52. The van der Waals surface area contributed by atoms with E-state index in [1.54, 1.807) is 20.8 Å². The predicted octanol–water partition coefficient (Wildman–Crippen LogP) is 1.59. The molecule has 1 unspecified atom stereocenters. The highest BCUT2D eigenvalue weighted by atomic mass is 19.4. The number of rotatable bonds is 1. The van der Waals surface area contributed by atoms with Crippen LogP contribution in [0.2, 0.25) is 0 Å². The summed E-state index contributed by atoms with van der Waals surface area (Å²) in [7, 11) is -1.09.